The molecule has 0 fully saturated rings. The van der Waals surface area contributed by atoms with E-state index in [9.17, 15) is 9.59 Å². The second-order valence-electron chi connectivity index (χ2n) is 9.73. The normalized spacial score (nSPS) is 24.0. The summed E-state index contributed by atoms with van der Waals surface area (Å²) in [5, 5.41) is 2.22. The maximum Gasteiger partial charge on any atom is 0.173 e. The molecule has 0 aromatic heterocycles. The number of fused-ring (bicyclic) bond motifs is 4. The monoisotopic (exact) mass is 405 g/mol. The Hall–Kier alpha value is -3.33. The number of hydrogen-bond acceptors (Lipinski definition) is 3. The van der Waals surface area contributed by atoms with Crippen LogP contribution in [-0.2, 0) is 4.79 Å². The van der Waals surface area contributed by atoms with Gasteiger partial charge in [-0.05, 0) is 28.2 Å². The Balaban J connectivity index is 1.66. The van der Waals surface area contributed by atoms with Gasteiger partial charge in [0.25, 0.3) is 0 Å². The van der Waals surface area contributed by atoms with Crippen LogP contribution in [0.1, 0.15) is 54.1 Å². The lowest BCUT2D eigenvalue weighted by Gasteiger charge is -2.38. The Morgan fingerprint density at radius 3 is 2.35 bits per heavy atom. The number of hydrogen-bond donors (Lipinski definition) is 0. The molecule has 3 aliphatic rings. The molecule has 152 valence electrons. The summed E-state index contributed by atoms with van der Waals surface area (Å²) >= 11 is 0. The molecule has 1 heterocycles. The molecule has 0 unspecified atom stereocenters. The van der Waals surface area contributed by atoms with Crippen LogP contribution in [0, 0.1) is 11.3 Å². The first-order valence-corrected chi connectivity index (χ1v) is 10.9. The van der Waals surface area contributed by atoms with Crippen LogP contribution in [0.2, 0.25) is 0 Å². The maximum absolute atomic E-state index is 13.6. The molecule has 2 atom stereocenters. The number of carbonyl (C=O) groups excluding carboxylic acids is 2. The number of carbonyl (C=O) groups is 2. The minimum Gasteiger partial charge on any atom is -0.294 e. The Labute approximate surface area is 181 Å². The van der Waals surface area contributed by atoms with E-state index in [0.717, 1.165) is 50.9 Å². The summed E-state index contributed by atoms with van der Waals surface area (Å²) in [5.74, 6) is -0.517. The van der Waals surface area contributed by atoms with Gasteiger partial charge in [0.05, 0.1) is 11.6 Å². The smallest absolute Gasteiger partial charge is 0.173 e. The third-order valence-electron chi connectivity index (χ3n) is 7.00. The lowest BCUT2D eigenvalue weighted by Crippen LogP contribution is -2.37. The van der Waals surface area contributed by atoms with E-state index in [0.29, 0.717) is 6.42 Å². The molecule has 6 rings (SSSR count). The van der Waals surface area contributed by atoms with Gasteiger partial charge in [0.1, 0.15) is 0 Å². The highest BCUT2D eigenvalue weighted by atomic mass is 16.1. The van der Waals surface area contributed by atoms with Gasteiger partial charge in [0.2, 0.25) is 0 Å². The second-order valence-corrected chi connectivity index (χ2v) is 9.73. The molecule has 2 aliphatic carbocycles. The van der Waals surface area contributed by atoms with Crippen molar-refractivity contribution in [3.63, 3.8) is 0 Å². The Bertz CT molecular complexity index is 1350. The zero-order valence-electron chi connectivity index (χ0n) is 17.7. The van der Waals surface area contributed by atoms with Crippen LogP contribution in [0.25, 0.3) is 10.8 Å². The molecule has 1 aliphatic heterocycles. The quantitative estimate of drug-likeness (QED) is 0.507. The molecule has 3 aromatic rings. The molecule has 31 heavy (non-hydrogen) atoms. The first-order chi connectivity index (χ1) is 14.9. The summed E-state index contributed by atoms with van der Waals surface area (Å²) in [4.78, 5) is 32.2. The van der Waals surface area contributed by atoms with Gasteiger partial charge in [0, 0.05) is 34.7 Å². The summed E-state index contributed by atoms with van der Waals surface area (Å²) in [6.45, 7) is 4.25. The third kappa shape index (κ3) is 2.62. The minimum absolute atomic E-state index is 0.0801. The molecular weight excluding hydrogens is 382 g/mol. The van der Waals surface area contributed by atoms with Crippen LogP contribution < -0.4 is 0 Å². The van der Waals surface area contributed by atoms with Gasteiger partial charge in [-0.2, -0.15) is 0 Å². The van der Waals surface area contributed by atoms with Crippen LogP contribution in [0.5, 0.6) is 0 Å². The predicted octanol–water partition coefficient (Wildman–Crippen LogP) is 5.88. The predicted molar refractivity (Wildman–Crippen MR) is 123 cm³/mol. The SMILES string of the molecule is CC1(C)CC(=O)C2=C(C1)N=C1c3ccccc3C(=O)[C@H]1[C@@H]2c1cccc2ccccc12. The van der Waals surface area contributed by atoms with Crippen molar-refractivity contribution in [1.29, 1.82) is 0 Å². The summed E-state index contributed by atoms with van der Waals surface area (Å²) in [6, 6.07) is 22.2. The van der Waals surface area contributed by atoms with Crippen LogP contribution in [0.3, 0.4) is 0 Å². The fraction of sp³-hybridized carbons (Fsp3) is 0.250. The highest BCUT2D eigenvalue weighted by Gasteiger charge is 2.50. The van der Waals surface area contributed by atoms with E-state index in [1.165, 1.54) is 0 Å². The molecule has 3 nitrogen and oxygen atoms in total. The van der Waals surface area contributed by atoms with Gasteiger partial charge in [-0.25, -0.2) is 0 Å². The zero-order valence-corrected chi connectivity index (χ0v) is 17.7. The van der Waals surface area contributed by atoms with Crippen molar-refractivity contribution in [2.45, 2.75) is 32.6 Å². The Morgan fingerprint density at radius 1 is 0.806 bits per heavy atom. The van der Waals surface area contributed by atoms with E-state index < -0.39 is 5.92 Å². The molecule has 0 bridgehead atoms. The van der Waals surface area contributed by atoms with Crippen molar-refractivity contribution in [3.05, 3.63) is 94.7 Å². The molecule has 0 saturated carbocycles. The number of aliphatic imine (C=N–C) groups is 1. The lowest BCUT2D eigenvalue weighted by molar-refractivity contribution is -0.118. The third-order valence-corrected chi connectivity index (χ3v) is 7.00. The highest BCUT2D eigenvalue weighted by molar-refractivity contribution is 6.30. The first kappa shape index (κ1) is 18.4. The maximum atomic E-state index is 13.6. The first-order valence-electron chi connectivity index (χ1n) is 10.9. The molecular formula is C28H23NO2. The average Bonchev–Trinajstić information content (AvgIpc) is 3.03. The van der Waals surface area contributed by atoms with Gasteiger partial charge in [-0.1, -0.05) is 80.6 Å². The van der Waals surface area contributed by atoms with Crippen molar-refractivity contribution in [2.24, 2.45) is 16.3 Å². The van der Waals surface area contributed by atoms with Gasteiger partial charge >= 0.3 is 0 Å². The number of rotatable bonds is 1. The Kier molecular flexibility index (Phi) is 3.77. The zero-order chi connectivity index (χ0) is 21.3. The molecule has 0 radical (unpaired) electrons. The van der Waals surface area contributed by atoms with E-state index in [1.807, 2.05) is 42.5 Å². The highest BCUT2D eigenvalue weighted by Crippen LogP contribution is 2.52. The average molecular weight is 405 g/mol. The van der Waals surface area contributed by atoms with E-state index >= 15 is 0 Å². The summed E-state index contributed by atoms with van der Waals surface area (Å²) in [6.07, 6.45) is 1.24. The molecule has 0 N–H and O–H groups in total. The summed E-state index contributed by atoms with van der Waals surface area (Å²) < 4.78 is 0. The van der Waals surface area contributed by atoms with E-state index in [2.05, 4.69) is 38.1 Å². The van der Waals surface area contributed by atoms with Gasteiger partial charge in [0.15, 0.2) is 11.6 Å². The largest absolute Gasteiger partial charge is 0.294 e. The van der Waals surface area contributed by atoms with E-state index in [4.69, 9.17) is 4.99 Å². The molecule has 0 spiro atoms. The standard InChI is InChI=1S/C28H23NO2/c1-28(2)14-21-24(22(30)15-28)23(18-13-7-9-16-8-3-4-10-17(16)18)25-26(29-21)19-11-5-6-12-20(19)27(25)31/h3-13,23,25H,14-15H2,1-2H3/t23-,25+/m1/s1. The molecule has 0 saturated heterocycles. The Morgan fingerprint density at radius 2 is 1.52 bits per heavy atom. The van der Waals surface area contributed by atoms with Crippen LogP contribution >= 0.6 is 0 Å². The van der Waals surface area contributed by atoms with Gasteiger partial charge < -0.3 is 0 Å². The minimum atomic E-state index is -0.438. The summed E-state index contributed by atoms with van der Waals surface area (Å²) in [5.41, 5.74) is 5.03. The van der Waals surface area contributed by atoms with Gasteiger partial charge in [-0.15, -0.1) is 0 Å². The van der Waals surface area contributed by atoms with Gasteiger partial charge in [-0.3, -0.25) is 14.6 Å². The van der Waals surface area contributed by atoms with Crippen molar-refractivity contribution < 1.29 is 9.59 Å². The number of Topliss-reactive ketones (excluding diaryl/α,β-unsaturated/α-hetero) is 2. The van der Waals surface area contributed by atoms with Crippen molar-refractivity contribution in [1.82, 2.24) is 0 Å². The topological polar surface area (TPSA) is 46.5 Å². The van der Waals surface area contributed by atoms with Crippen LogP contribution in [0.15, 0.2) is 83.0 Å². The number of allylic oxidation sites excluding steroid dienone is 2. The molecule has 3 heteroatoms. The van der Waals surface area contributed by atoms with Crippen LogP contribution in [-0.4, -0.2) is 17.3 Å². The number of ketones is 2. The molecule has 0 amide bonds. The van der Waals surface area contributed by atoms with Crippen molar-refractivity contribution in [2.75, 3.05) is 0 Å². The number of benzene rings is 3. The van der Waals surface area contributed by atoms with Crippen molar-refractivity contribution >= 4 is 28.1 Å². The van der Waals surface area contributed by atoms with Crippen molar-refractivity contribution in [3.8, 4) is 0 Å². The van der Waals surface area contributed by atoms with E-state index in [-0.39, 0.29) is 22.9 Å². The number of nitrogens with zero attached hydrogens (tertiary/aromatic N) is 1. The van der Waals surface area contributed by atoms with E-state index in [1.54, 1.807) is 0 Å². The summed E-state index contributed by atoms with van der Waals surface area (Å²) in [7, 11) is 0. The van der Waals surface area contributed by atoms with Crippen LogP contribution in [0.4, 0.5) is 0 Å². The lowest BCUT2D eigenvalue weighted by atomic mass is 9.66. The second kappa shape index (κ2) is 6.34. The molecule has 3 aromatic carbocycles. The fourth-order valence-electron chi connectivity index (χ4n) is 5.74. The fourth-order valence-corrected chi connectivity index (χ4v) is 5.74.